The van der Waals surface area contributed by atoms with Gasteiger partial charge < -0.3 is 4.74 Å². The molecule has 0 spiro atoms. The first-order valence-corrected chi connectivity index (χ1v) is 9.86. The van der Waals surface area contributed by atoms with E-state index in [4.69, 9.17) is 4.74 Å². The Hall–Kier alpha value is -2.96. The lowest BCUT2D eigenvalue weighted by molar-refractivity contribution is -0.114. The largest absolute Gasteiger partial charge is 0.497 e. The summed E-state index contributed by atoms with van der Waals surface area (Å²) in [6, 6.07) is 15.5. The van der Waals surface area contributed by atoms with Gasteiger partial charge in [0.05, 0.1) is 25.0 Å². The highest BCUT2D eigenvalue weighted by Crippen LogP contribution is 2.32. The van der Waals surface area contributed by atoms with Crippen LogP contribution >= 0.6 is 0 Å². The van der Waals surface area contributed by atoms with E-state index >= 15 is 0 Å². The van der Waals surface area contributed by atoms with Crippen molar-refractivity contribution in [1.29, 1.82) is 0 Å². The molecule has 1 saturated heterocycles. The first kappa shape index (κ1) is 19.4. The van der Waals surface area contributed by atoms with Gasteiger partial charge in [-0.05, 0) is 23.8 Å². The van der Waals surface area contributed by atoms with Crippen molar-refractivity contribution < 1.29 is 14.3 Å². The third kappa shape index (κ3) is 4.23. The Morgan fingerprint density at radius 1 is 0.966 bits per heavy atom. The minimum atomic E-state index is -0.457. The molecule has 0 aromatic heterocycles. The van der Waals surface area contributed by atoms with E-state index in [1.807, 2.05) is 18.2 Å². The number of methoxy groups -OCH3 is 1. The number of anilines is 1. The van der Waals surface area contributed by atoms with Crippen molar-refractivity contribution in [2.45, 2.75) is 0 Å². The molecular weight excluding hydrogens is 366 g/mol. The van der Waals surface area contributed by atoms with E-state index in [0.29, 0.717) is 23.7 Å². The highest BCUT2D eigenvalue weighted by atomic mass is 16.5. The Labute approximate surface area is 171 Å². The second-order valence-corrected chi connectivity index (χ2v) is 7.32. The lowest BCUT2D eigenvalue weighted by Crippen LogP contribution is -2.50. The van der Waals surface area contributed by atoms with Crippen LogP contribution in [0, 0.1) is 0 Å². The fourth-order valence-electron chi connectivity index (χ4n) is 3.76. The van der Waals surface area contributed by atoms with Crippen LogP contribution in [0.2, 0.25) is 0 Å². The zero-order valence-corrected chi connectivity index (χ0v) is 16.6. The monoisotopic (exact) mass is 391 g/mol. The van der Waals surface area contributed by atoms with Gasteiger partial charge in [-0.3, -0.25) is 24.3 Å². The molecule has 2 heterocycles. The molecule has 0 N–H and O–H groups in total. The van der Waals surface area contributed by atoms with Gasteiger partial charge >= 0.3 is 5.91 Å². The number of amides is 1. The summed E-state index contributed by atoms with van der Waals surface area (Å²) in [5.41, 5.74) is 2.31. The van der Waals surface area contributed by atoms with Gasteiger partial charge in [-0.25, -0.2) is 0 Å². The van der Waals surface area contributed by atoms with E-state index in [0.717, 1.165) is 32.7 Å². The molecule has 1 fully saturated rings. The van der Waals surface area contributed by atoms with E-state index in [9.17, 15) is 9.59 Å². The highest BCUT2D eigenvalue weighted by Gasteiger charge is 2.37. The topological polar surface area (TPSA) is 53.1 Å². The second-order valence-electron chi connectivity index (χ2n) is 7.32. The maximum Gasteiger partial charge on any atom is 0.300 e. The van der Waals surface area contributed by atoms with Gasteiger partial charge in [-0.1, -0.05) is 42.5 Å². The molecule has 150 valence electrons. The molecule has 0 radical (unpaired) electrons. The third-order valence-electron chi connectivity index (χ3n) is 5.46. The average Bonchev–Trinajstić information content (AvgIpc) is 3.00. The van der Waals surface area contributed by atoms with Crippen molar-refractivity contribution in [3.63, 3.8) is 0 Å². The van der Waals surface area contributed by atoms with Crippen molar-refractivity contribution in [2.75, 3.05) is 51.4 Å². The summed E-state index contributed by atoms with van der Waals surface area (Å²) in [4.78, 5) is 31.0. The standard InChI is InChI=1S/C23H25N3O3/c1-29-19-9-10-21-20(16-19)22(27)23(28)26(21)17-25-14-12-24(13-15-25)11-5-8-18-6-3-2-4-7-18/h2-10,16H,11-15,17H2,1H3/b8-5+. The molecule has 1 amide bonds. The molecule has 6 heteroatoms. The zero-order chi connectivity index (χ0) is 20.2. The SMILES string of the molecule is COc1ccc2c(c1)C(=O)C(=O)N2CN1CCN(C/C=C/c2ccccc2)CC1. The summed E-state index contributed by atoms with van der Waals surface area (Å²) < 4.78 is 5.18. The van der Waals surface area contributed by atoms with Crippen LogP contribution in [0.4, 0.5) is 5.69 Å². The van der Waals surface area contributed by atoms with Crippen LogP contribution < -0.4 is 9.64 Å². The van der Waals surface area contributed by atoms with Gasteiger partial charge in [0.2, 0.25) is 0 Å². The lowest BCUT2D eigenvalue weighted by Gasteiger charge is -2.36. The number of carbonyl (C=O) groups is 2. The first-order valence-electron chi connectivity index (χ1n) is 9.86. The van der Waals surface area contributed by atoms with Gasteiger partial charge in [0.25, 0.3) is 5.78 Å². The van der Waals surface area contributed by atoms with Crippen LogP contribution in [0.5, 0.6) is 5.75 Å². The van der Waals surface area contributed by atoms with E-state index in [-0.39, 0.29) is 0 Å². The Morgan fingerprint density at radius 2 is 1.69 bits per heavy atom. The van der Waals surface area contributed by atoms with Crippen LogP contribution in [-0.2, 0) is 4.79 Å². The summed E-state index contributed by atoms with van der Waals surface area (Å²) in [6.07, 6.45) is 4.34. The van der Waals surface area contributed by atoms with Crippen LogP contribution in [0.25, 0.3) is 6.08 Å². The number of nitrogens with zero attached hydrogens (tertiary/aromatic N) is 3. The predicted octanol–water partition coefficient (Wildman–Crippen LogP) is 2.51. The number of hydrogen-bond donors (Lipinski definition) is 0. The second kappa shape index (κ2) is 8.59. The van der Waals surface area contributed by atoms with Crippen LogP contribution in [0.15, 0.2) is 54.6 Å². The summed E-state index contributed by atoms with van der Waals surface area (Å²) in [7, 11) is 1.55. The maximum absolute atomic E-state index is 12.5. The highest BCUT2D eigenvalue weighted by molar-refractivity contribution is 6.52. The van der Waals surface area contributed by atoms with E-state index in [1.54, 1.807) is 30.2 Å². The lowest BCUT2D eigenvalue weighted by atomic mass is 10.1. The Balaban J connectivity index is 1.32. The fraction of sp³-hybridized carbons (Fsp3) is 0.304. The number of rotatable bonds is 6. The Kier molecular flexibility index (Phi) is 5.74. The maximum atomic E-state index is 12.5. The first-order chi connectivity index (χ1) is 14.2. The fourth-order valence-corrected chi connectivity index (χ4v) is 3.76. The molecule has 2 aliphatic rings. The van der Waals surface area contributed by atoms with Crippen molar-refractivity contribution >= 4 is 23.5 Å². The molecule has 2 aromatic rings. The van der Waals surface area contributed by atoms with Crippen LogP contribution in [0.3, 0.4) is 0 Å². The number of fused-ring (bicyclic) bond motifs is 1. The molecule has 29 heavy (non-hydrogen) atoms. The van der Waals surface area contributed by atoms with Crippen molar-refractivity contribution in [1.82, 2.24) is 9.80 Å². The number of hydrogen-bond acceptors (Lipinski definition) is 5. The van der Waals surface area contributed by atoms with Gasteiger partial charge in [0, 0.05) is 32.7 Å². The summed E-state index contributed by atoms with van der Waals surface area (Å²) in [6.45, 7) is 4.95. The third-order valence-corrected chi connectivity index (χ3v) is 5.46. The number of ketones is 1. The minimum absolute atomic E-state index is 0.430. The van der Waals surface area contributed by atoms with Crippen LogP contribution in [-0.4, -0.2) is 68.0 Å². The number of piperazine rings is 1. The number of benzene rings is 2. The molecule has 4 rings (SSSR count). The minimum Gasteiger partial charge on any atom is -0.497 e. The quantitative estimate of drug-likeness (QED) is 0.709. The number of carbonyl (C=O) groups excluding carboxylic acids is 2. The molecule has 2 aromatic carbocycles. The van der Waals surface area contributed by atoms with Gasteiger partial charge in [-0.15, -0.1) is 0 Å². The zero-order valence-electron chi connectivity index (χ0n) is 16.6. The average molecular weight is 391 g/mol. The van der Waals surface area contributed by atoms with Gasteiger partial charge in [-0.2, -0.15) is 0 Å². The van der Waals surface area contributed by atoms with E-state index < -0.39 is 11.7 Å². The molecule has 0 aliphatic carbocycles. The molecule has 0 atom stereocenters. The van der Waals surface area contributed by atoms with Gasteiger partial charge in [0.15, 0.2) is 0 Å². The molecule has 0 unspecified atom stereocenters. The molecular formula is C23H25N3O3. The van der Waals surface area contributed by atoms with Crippen molar-refractivity contribution in [2.24, 2.45) is 0 Å². The Morgan fingerprint density at radius 3 is 2.41 bits per heavy atom. The van der Waals surface area contributed by atoms with Gasteiger partial charge in [0.1, 0.15) is 5.75 Å². The molecule has 0 saturated carbocycles. The molecule has 0 bridgehead atoms. The smallest absolute Gasteiger partial charge is 0.300 e. The summed E-state index contributed by atoms with van der Waals surface area (Å²) in [5, 5.41) is 0. The summed E-state index contributed by atoms with van der Waals surface area (Å²) in [5.74, 6) is -0.325. The Bertz CT molecular complexity index is 918. The molecule has 6 nitrogen and oxygen atoms in total. The van der Waals surface area contributed by atoms with Crippen molar-refractivity contribution in [3.8, 4) is 5.75 Å². The van der Waals surface area contributed by atoms with Crippen molar-refractivity contribution in [3.05, 3.63) is 65.7 Å². The van der Waals surface area contributed by atoms with E-state index in [2.05, 4.69) is 34.1 Å². The number of ether oxygens (including phenoxy) is 1. The van der Waals surface area contributed by atoms with Crippen LogP contribution in [0.1, 0.15) is 15.9 Å². The summed E-state index contributed by atoms with van der Waals surface area (Å²) >= 11 is 0. The van der Waals surface area contributed by atoms with E-state index in [1.165, 1.54) is 5.56 Å². The predicted molar refractivity (Wildman–Crippen MR) is 113 cm³/mol. The normalized spacial score (nSPS) is 17.9. The molecule has 2 aliphatic heterocycles. The number of Topliss-reactive ketones (excluding diaryl/α,β-unsaturated/α-hetero) is 1.